The molecule has 138 valence electrons. The van der Waals surface area contributed by atoms with Crippen molar-refractivity contribution in [3.63, 3.8) is 0 Å². The highest BCUT2D eigenvalue weighted by molar-refractivity contribution is 5.88. The third kappa shape index (κ3) is 3.88. The fourth-order valence-corrected chi connectivity index (χ4v) is 3.48. The van der Waals surface area contributed by atoms with E-state index in [0.29, 0.717) is 24.0 Å². The molecule has 0 aliphatic carbocycles. The van der Waals surface area contributed by atoms with Crippen molar-refractivity contribution in [1.82, 2.24) is 20.0 Å². The van der Waals surface area contributed by atoms with E-state index >= 15 is 0 Å². The summed E-state index contributed by atoms with van der Waals surface area (Å²) < 4.78 is 5.52. The summed E-state index contributed by atoms with van der Waals surface area (Å²) in [4.78, 5) is 22.4. The Bertz CT molecular complexity index is 926. The number of carboxylic acid groups (broad SMARTS) is 1. The molecule has 1 saturated heterocycles. The monoisotopic (exact) mass is 364 g/mol. The summed E-state index contributed by atoms with van der Waals surface area (Å²) in [6.07, 6.45) is 3.59. The van der Waals surface area contributed by atoms with Crippen molar-refractivity contribution < 1.29 is 14.4 Å². The van der Waals surface area contributed by atoms with Crippen molar-refractivity contribution in [3.8, 4) is 11.4 Å². The highest BCUT2D eigenvalue weighted by Crippen LogP contribution is 2.28. The van der Waals surface area contributed by atoms with Crippen LogP contribution >= 0.6 is 0 Å². The first kappa shape index (κ1) is 17.4. The van der Waals surface area contributed by atoms with Gasteiger partial charge in [-0.2, -0.15) is 4.98 Å². The zero-order valence-electron chi connectivity index (χ0n) is 14.8. The number of hydrogen-bond acceptors (Lipinski definition) is 6. The molecule has 3 heterocycles. The van der Waals surface area contributed by atoms with Gasteiger partial charge >= 0.3 is 5.97 Å². The van der Waals surface area contributed by atoms with Crippen molar-refractivity contribution in [2.45, 2.75) is 25.3 Å². The van der Waals surface area contributed by atoms with Crippen LogP contribution in [0.2, 0.25) is 0 Å². The van der Waals surface area contributed by atoms with Crippen molar-refractivity contribution in [2.75, 3.05) is 13.1 Å². The van der Waals surface area contributed by atoms with Gasteiger partial charge in [0.1, 0.15) is 0 Å². The molecule has 2 aromatic heterocycles. The molecule has 0 radical (unpaired) electrons. The molecule has 1 fully saturated rings. The lowest BCUT2D eigenvalue weighted by Gasteiger charge is -2.30. The SMILES string of the molecule is O=C(O)c1cccnc1CN1CCC[C@H](c2nc(-c3ccccc3)no2)C1. The van der Waals surface area contributed by atoms with Crippen LogP contribution in [0.4, 0.5) is 0 Å². The molecule has 1 N–H and O–H groups in total. The molecule has 7 heteroatoms. The summed E-state index contributed by atoms with van der Waals surface area (Å²) in [5.41, 5.74) is 1.77. The Labute approximate surface area is 156 Å². The maximum absolute atomic E-state index is 11.4. The van der Waals surface area contributed by atoms with Crippen LogP contribution < -0.4 is 0 Å². The number of hydrogen-bond donors (Lipinski definition) is 1. The largest absolute Gasteiger partial charge is 0.478 e. The Balaban J connectivity index is 1.48. The van der Waals surface area contributed by atoms with E-state index in [1.165, 1.54) is 0 Å². The quantitative estimate of drug-likeness (QED) is 0.743. The molecule has 4 rings (SSSR count). The van der Waals surface area contributed by atoms with Crippen molar-refractivity contribution in [3.05, 3.63) is 65.8 Å². The van der Waals surface area contributed by atoms with Gasteiger partial charge in [-0.25, -0.2) is 4.79 Å². The van der Waals surface area contributed by atoms with Crippen LogP contribution in [0.5, 0.6) is 0 Å². The number of likely N-dealkylation sites (tertiary alicyclic amines) is 1. The fraction of sp³-hybridized carbons (Fsp3) is 0.300. The maximum Gasteiger partial charge on any atom is 0.337 e. The predicted octanol–water partition coefficient (Wildman–Crippen LogP) is 3.21. The number of aromatic nitrogens is 3. The summed E-state index contributed by atoms with van der Waals surface area (Å²) in [6.45, 7) is 2.14. The van der Waals surface area contributed by atoms with Crippen LogP contribution in [0, 0.1) is 0 Å². The van der Waals surface area contributed by atoms with Crippen LogP contribution in [-0.2, 0) is 6.54 Å². The van der Waals surface area contributed by atoms with Crippen LogP contribution in [0.25, 0.3) is 11.4 Å². The Morgan fingerprint density at radius 3 is 2.89 bits per heavy atom. The van der Waals surface area contributed by atoms with E-state index in [2.05, 4.69) is 20.0 Å². The number of benzene rings is 1. The summed E-state index contributed by atoms with van der Waals surface area (Å²) in [7, 11) is 0. The molecule has 0 bridgehead atoms. The van der Waals surface area contributed by atoms with E-state index in [-0.39, 0.29) is 11.5 Å². The molecule has 1 atom stereocenters. The minimum absolute atomic E-state index is 0.140. The lowest BCUT2D eigenvalue weighted by Crippen LogP contribution is -2.34. The van der Waals surface area contributed by atoms with E-state index < -0.39 is 5.97 Å². The number of aromatic carboxylic acids is 1. The van der Waals surface area contributed by atoms with E-state index in [0.717, 1.165) is 31.5 Å². The van der Waals surface area contributed by atoms with Gasteiger partial charge in [-0.15, -0.1) is 0 Å². The molecule has 3 aromatic rings. The van der Waals surface area contributed by atoms with Gasteiger partial charge in [0, 0.05) is 24.8 Å². The highest BCUT2D eigenvalue weighted by Gasteiger charge is 2.27. The first-order chi connectivity index (χ1) is 13.2. The molecule has 0 saturated carbocycles. The standard InChI is InChI=1S/C20H20N4O3/c25-20(26)16-9-4-10-21-17(16)13-24-11-5-8-15(12-24)19-22-18(23-27-19)14-6-2-1-3-7-14/h1-4,6-7,9-10,15H,5,8,11-13H2,(H,25,26)/t15-/m0/s1. The van der Waals surface area contributed by atoms with E-state index in [1.807, 2.05) is 30.3 Å². The predicted molar refractivity (Wildman–Crippen MR) is 98.2 cm³/mol. The lowest BCUT2D eigenvalue weighted by molar-refractivity contribution is 0.0693. The topological polar surface area (TPSA) is 92.3 Å². The van der Waals surface area contributed by atoms with Gasteiger partial charge in [-0.05, 0) is 31.5 Å². The molecule has 27 heavy (non-hydrogen) atoms. The first-order valence-corrected chi connectivity index (χ1v) is 8.99. The number of carboxylic acids is 1. The minimum atomic E-state index is -0.948. The number of rotatable bonds is 5. The summed E-state index contributed by atoms with van der Waals surface area (Å²) >= 11 is 0. The average Bonchev–Trinajstić information content (AvgIpc) is 3.19. The zero-order valence-corrected chi connectivity index (χ0v) is 14.8. The van der Waals surface area contributed by atoms with Gasteiger partial charge in [0.15, 0.2) is 0 Å². The average molecular weight is 364 g/mol. The van der Waals surface area contributed by atoms with Crippen molar-refractivity contribution in [1.29, 1.82) is 0 Å². The third-order valence-electron chi connectivity index (χ3n) is 4.82. The van der Waals surface area contributed by atoms with Gasteiger partial charge < -0.3 is 9.63 Å². The third-order valence-corrected chi connectivity index (χ3v) is 4.82. The number of pyridine rings is 1. The zero-order chi connectivity index (χ0) is 18.6. The second kappa shape index (κ2) is 7.67. The summed E-state index contributed by atoms with van der Waals surface area (Å²) in [5.74, 6) is 0.426. The molecular formula is C20H20N4O3. The van der Waals surface area contributed by atoms with Crippen LogP contribution in [0.3, 0.4) is 0 Å². The van der Waals surface area contributed by atoms with Crippen molar-refractivity contribution in [2.24, 2.45) is 0 Å². The summed E-state index contributed by atoms with van der Waals surface area (Å²) in [5, 5.41) is 13.5. The fourth-order valence-electron chi connectivity index (χ4n) is 3.48. The molecule has 1 aromatic carbocycles. The smallest absolute Gasteiger partial charge is 0.337 e. The first-order valence-electron chi connectivity index (χ1n) is 8.99. The molecule has 0 unspecified atom stereocenters. The normalized spacial score (nSPS) is 17.7. The van der Waals surface area contributed by atoms with Crippen molar-refractivity contribution >= 4 is 5.97 Å². The molecule has 0 amide bonds. The molecule has 1 aliphatic rings. The Morgan fingerprint density at radius 1 is 1.22 bits per heavy atom. The van der Waals surface area contributed by atoms with E-state index in [4.69, 9.17) is 4.52 Å². The lowest BCUT2D eigenvalue weighted by atomic mass is 9.97. The number of nitrogens with zero attached hydrogens (tertiary/aromatic N) is 4. The van der Waals surface area contributed by atoms with Gasteiger partial charge in [0.05, 0.1) is 17.2 Å². The van der Waals surface area contributed by atoms with Gasteiger partial charge in [-0.1, -0.05) is 35.5 Å². The van der Waals surface area contributed by atoms with E-state index in [1.54, 1.807) is 18.3 Å². The summed E-state index contributed by atoms with van der Waals surface area (Å²) in [6, 6.07) is 13.0. The van der Waals surface area contributed by atoms with E-state index in [9.17, 15) is 9.90 Å². The Morgan fingerprint density at radius 2 is 2.07 bits per heavy atom. The second-order valence-electron chi connectivity index (χ2n) is 6.70. The molecular weight excluding hydrogens is 344 g/mol. The number of piperidine rings is 1. The van der Waals surface area contributed by atoms with Crippen LogP contribution in [0.1, 0.15) is 40.7 Å². The molecule has 1 aliphatic heterocycles. The van der Waals surface area contributed by atoms with Gasteiger partial charge in [0.2, 0.25) is 11.7 Å². The highest BCUT2D eigenvalue weighted by atomic mass is 16.5. The number of carbonyl (C=O) groups is 1. The van der Waals surface area contributed by atoms with Crippen LogP contribution in [-0.4, -0.2) is 44.2 Å². The van der Waals surface area contributed by atoms with Gasteiger partial charge in [-0.3, -0.25) is 9.88 Å². The Kier molecular flexibility index (Phi) is 4.93. The molecule has 7 nitrogen and oxygen atoms in total. The van der Waals surface area contributed by atoms with Crippen LogP contribution in [0.15, 0.2) is 53.2 Å². The minimum Gasteiger partial charge on any atom is -0.478 e. The Hall–Kier alpha value is -3.06. The molecule has 0 spiro atoms. The second-order valence-corrected chi connectivity index (χ2v) is 6.70. The maximum atomic E-state index is 11.4. The van der Waals surface area contributed by atoms with Gasteiger partial charge in [0.25, 0.3) is 0 Å².